The van der Waals surface area contributed by atoms with Gasteiger partial charge in [-0.1, -0.05) is 18.5 Å². The van der Waals surface area contributed by atoms with Crippen LogP contribution in [0.4, 0.5) is 0 Å². The van der Waals surface area contributed by atoms with Crippen molar-refractivity contribution < 1.29 is 9.32 Å². The largest absolute Gasteiger partial charge is 0.339 e. The van der Waals surface area contributed by atoms with Crippen LogP contribution in [0.3, 0.4) is 0 Å². The molecule has 118 valence electrons. The molecule has 3 rings (SSSR count). The molecular formula is C15H21N5O2. The quantitative estimate of drug-likeness (QED) is 0.934. The van der Waals surface area contributed by atoms with E-state index < -0.39 is 0 Å². The van der Waals surface area contributed by atoms with Gasteiger partial charge in [0, 0.05) is 24.7 Å². The molecule has 1 N–H and O–H groups in total. The Morgan fingerprint density at radius 2 is 2.23 bits per heavy atom. The fourth-order valence-corrected chi connectivity index (χ4v) is 2.84. The van der Waals surface area contributed by atoms with Crippen LogP contribution in [0.25, 0.3) is 0 Å². The van der Waals surface area contributed by atoms with Crippen molar-refractivity contribution >= 4 is 5.91 Å². The second-order valence-corrected chi connectivity index (χ2v) is 5.77. The molecule has 22 heavy (non-hydrogen) atoms. The predicted molar refractivity (Wildman–Crippen MR) is 79.5 cm³/mol. The molecule has 3 heterocycles. The average molecular weight is 303 g/mol. The van der Waals surface area contributed by atoms with Gasteiger partial charge in [0.15, 0.2) is 5.82 Å². The summed E-state index contributed by atoms with van der Waals surface area (Å²) in [6.45, 7) is 5.31. The Morgan fingerprint density at radius 3 is 2.86 bits per heavy atom. The number of aryl methyl sites for hydroxylation is 2. The van der Waals surface area contributed by atoms with Gasteiger partial charge in [0.05, 0.1) is 0 Å². The first kappa shape index (κ1) is 14.7. The zero-order valence-electron chi connectivity index (χ0n) is 13.0. The lowest BCUT2D eigenvalue weighted by molar-refractivity contribution is 0.0698. The van der Waals surface area contributed by atoms with E-state index in [-0.39, 0.29) is 11.8 Å². The number of carbonyl (C=O) groups excluding carboxylic acids is 1. The van der Waals surface area contributed by atoms with Crippen molar-refractivity contribution in [1.82, 2.24) is 25.2 Å². The summed E-state index contributed by atoms with van der Waals surface area (Å²) in [6.07, 6.45) is 3.64. The minimum atomic E-state index is -0.00115. The molecule has 0 aliphatic carbocycles. The van der Waals surface area contributed by atoms with E-state index in [1.165, 1.54) is 0 Å². The van der Waals surface area contributed by atoms with Crippen LogP contribution in [0.1, 0.15) is 60.0 Å². The molecule has 7 heteroatoms. The van der Waals surface area contributed by atoms with Crippen molar-refractivity contribution in [2.75, 3.05) is 13.1 Å². The van der Waals surface area contributed by atoms with E-state index in [0.29, 0.717) is 30.5 Å². The third-order valence-electron chi connectivity index (χ3n) is 4.04. The number of nitrogens with zero attached hydrogens (tertiary/aromatic N) is 4. The molecule has 0 aromatic carbocycles. The third kappa shape index (κ3) is 3.03. The van der Waals surface area contributed by atoms with Gasteiger partial charge in [-0.3, -0.25) is 9.89 Å². The van der Waals surface area contributed by atoms with Gasteiger partial charge in [-0.05, 0) is 32.3 Å². The van der Waals surface area contributed by atoms with Gasteiger partial charge < -0.3 is 9.42 Å². The lowest BCUT2D eigenvalue weighted by Crippen LogP contribution is -2.38. The van der Waals surface area contributed by atoms with E-state index >= 15 is 0 Å². The molecular weight excluding hydrogens is 282 g/mol. The number of aromatic amines is 1. The van der Waals surface area contributed by atoms with E-state index in [0.717, 1.165) is 31.4 Å². The zero-order chi connectivity index (χ0) is 15.5. The van der Waals surface area contributed by atoms with E-state index in [4.69, 9.17) is 4.52 Å². The molecule has 0 atom stereocenters. The summed E-state index contributed by atoms with van der Waals surface area (Å²) in [6, 6.07) is 1.86. The monoisotopic (exact) mass is 303 g/mol. The van der Waals surface area contributed by atoms with Gasteiger partial charge in [0.1, 0.15) is 5.69 Å². The number of carbonyl (C=O) groups is 1. The number of nitrogens with one attached hydrogen (secondary N) is 1. The van der Waals surface area contributed by atoms with Crippen LogP contribution in [-0.2, 0) is 6.42 Å². The van der Waals surface area contributed by atoms with Gasteiger partial charge >= 0.3 is 0 Å². The molecule has 2 aromatic heterocycles. The van der Waals surface area contributed by atoms with E-state index in [9.17, 15) is 4.79 Å². The van der Waals surface area contributed by atoms with Crippen LogP contribution in [-0.4, -0.2) is 44.2 Å². The first-order valence-electron chi connectivity index (χ1n) is 7.81. The van der Waals surface area contributed by atoms with Gasteiger partial charge in [-0.15, -0.1) is 0 Å². The van der Waals surface area contributed by atoms with Crippen LogP contribution in [0, 0.1) is 6.92 Å². The van der Waals surface area contributed by atoms with Crippen LogP contribution < -0.4 is 0 Å². The highest BCUT2D eigenvalue weighted by Gasteiger charge is 2.28. The predicted octanol–water partition coefficient (Wildman–Crippen LogP) is 2.07. The smallest absolute Gasteiger partial charge is 0.274 e. The molecule has 7 nitrogen and oxygen atoms in total. The molecule has 2 aromatic rings. The molecule has 1 fully saturated rings. The van der Waals surface area contributed by atoms with Crippen molar-refractivity contribution in [2.24, 2.45) is 0 Å². The fraction of sp³-hybridized carbons (Fsp3) is 0.600. The topological polar surface area (TPSA) is 87.9 Å². The number of piperidine rings is 1. The Bertz CT molecular complexity index is 640. The maximum absolute atomic E-state index is 12.5. The lowest BCUT2D eigenvalue weighted by Gasteiger charge is -2.29. The highest BCUT2D eigenvalue weighted by Crippen LogP contribution is 2.27. The molecule has 0 saturated carbocycles. The summed E-state index contributed by atoms with van der Waals surface area (Å²) in [4.78, 5) is 18.6. The molecule has 1 aliphatic heterocycles. The van der Waals surface area contributed by atoms with E-state index in [1.807, 2.05) is 17.9 Å². The SMILES string of the molecule is CCCc1cc(C(=O)N2CCC(c3nc(C)no3)CC2)n[nH]1. The van der Waals surface area contributed by atoms with Gasteiger partial charge in [-0.2, -0.15) is 10.1 Å². The van der Waals surface area contributed by atoms with Gasteiger partial charge in [0.2, 0.25) is 5.89 Å². The van der Waals surface area contributed by atoms with Crippen LogP contribution in [0.2, 0.25) is 0 Å². The van der Waals surface area contributed by atoms with E-state index in [1.54, 1.807) is 0 Å². The Morgan fingerprint density at radius 1 is 1.45 bits per heavy atom. The summed E-state index contributed by atoms with van der Waals surface area (Å²) in [5.74, 6) is 1.60. The Labute approximate surface area is 129 Å². The van der Waals surface area contributed by atoms with Crippen molar-refractivity contribution in [2.45, 2.75) is 45.4 Å². The third-order valence-corrected chi connectivity index (χ3v) is 4.04. The van der Waals surface area contributed by atoms with Gasteiger partial charge in [-0.25, -0.2) is 0 Å². The number of amides is 1. The van der Waals surface area contributed by atoms with Crippen LogP contribution >= 0.6 is 0 Å². The number of likely N-dealkylation sites (tertiary alicyclic amines) is 1. The Kier molecular flexibility index (Phi) is 4.22. The highest BCUT2D eigenvalue weighted by atomic mass is 16.5. The Balaban J connectivity index is 1.59. The Hall–Kier alpha value is -2.18. The maximum Gasteiger partial charge on any atom is 0.274 e. The standard InChI is InChI=1S/C15H21N5O2/c1-3-4-12-9-13(18-17-12)15(21)20-7-5-11(6-8-20)14-16-10(2)19-22-14/h9,11H,3-8H2,1-2H3,(H,17,18). The first-order chi connectivity index (χ1) is 10.7. The minimum Gasteiger partial charge on any atom is -0.339 e. The molecule has 0 unspecified atom stereocenters. The lowest BCUT2D eigenvalue weighted by atomic mass is 9.96. The summed E-state index contributed by atoms with van der Waals surface area (Å²) in [7, 11) is 0. The summed E-state index contributed by atoms with van der Waals surface area (Å²) < 4.78 is 5.23. The number of rotatable bonds is 4. The average Bonchev–Trinajstić information content (AvgIpc) is 3.16. The summed E-state index contributed by atoms with van der Waals surface area (Å²) in [5, 5.41) is 10.9. The van der Waals surface area contributed by atoms with Crippen LogP contribution in [0.5, 0.6) is 0 Å². The molecule has 1 amide bonds. The van der Waals surface area contributed by atoms with E-state index in [2.05, 4.69) is 27.3 Å². The maximum atomic E-state index is 12.5. The highest BCUT2D eigenvalue weighted by molar-refractivity contribution is 5.92. The molecule has 1 saturated heterocycles. The number of hydrogen-bond donors (Lipinski definition) is 1. The second kappa shape index (κ2) is 6.29. The zero-order valence-corrected chi connectivity index (χ0v) is 13.0. The summed E-state index contributed by atoms with van der Waals surface area (Å²) >= 11 is 0. The first-order valence-corrected chi connectivity index (χ1v) is 7.81. The minimum absolute atomic E-state index is 0.00115. The molecule has 0 radical (unpaired) electrons. The van der Waals surface area contributed by atoms with Crippen molar-refractivity contribution in [3.05, 3.63) is 29.2 Å². The summed E-state index contributed by atoms with van der Waals surface area (Å²) in [5.41, 5.74) is 1.53. The molecule has 0 bridgehead atoms. The van der Waals surface area contributed by atoms with Crippen molar-refractivity contribution in [3.8, 4) is 0 Å². The molecule has 0 spiro atoms. The van der Waals surface area contributed by atoms with Crippen molar-refractivity contribution in [1.29, 1.82) is 0 Å². The normalized spacial score (nSPS) is 16.2. The fourth-order valence-electron chi connectivity index (χ4n) is 2.84. The molecule has 1 aliphatic rings. The number of H-pyrrole nitrogens is 1. The number of hydrogen-bond acceptors (Lipinski definition) is 5. The van der Waals surface area contributed by atoms with Gasteiger partial charge in [0.25, 0.3) is 5.91 Å². The number of aromatic nitrogens is 4. The van der Waals surface area contributed by atoms with Crippen molar-refractivity contribution in [3.63, 3.8) is 0 Å². The van der Waals surface area contributed by atoms with Crippen LogP contribution in [0.15, 0.2) is 10.6 Å². The second-order valence-electron chi connectivity index (χ2n) is 5.77.